The molecule has 185 valence electrons. The first-order valence-electron chi connectivity index (χ1n) is 12.7. The molecule has 0 spiro atoms. The highest BCUT2D eigenvalue weighted by atomic mass is 16.5. The molecular weight excluding hydrogens is 421 g/mol. The summed E-state index contributed by atoms with van der Waals surface area (Å²) in [5.41, 5.74) is 5.51. The van der Waals surface area contributed by atoms with Gasteiger partial charge in [0.1, 0.15) is 12.1 Å². The smallest absolute Gasteiger partial charge is 0.328 e. The van der Waals surface area contributed by atoms with E-state index in [0.717, 1.165) is 44.9 Å². The second kappa shape index (κ2) is 11.7. The topological polar surface area (TPSA) is 111 Å². The largest absolute Gasteiger partial charge is 0.464 e. The molecule has 3 N–H and O–H groups in total. The number of ether oxygens (including phenoxy) is 1. The third kappa shape index (κ3) is 6.10. The highest BCUT2D eigenvalue weighted by Crippen LogP contribution is 2.65. The molecule has 0 bridgehead atoms. The van der Waals surface area contributed by atoms with Gasteiger partial charge in [-0.25, -0.2) is 4.79 Å². The molecule has 3 fully saturated rings. The van der Waals surface area contributed by atoms with Gasteiger partial charge in [0, 0.05) is 12.4 Å². The molecule has 0 aromatic rings. The lowest BCUT2D eigenvalue weighted by atomic mass is 9.75. The number of piperidine rings is 1. The van der Waals surface area contributed by atoms with Crippen molar-refractivity contribution < 1.29 is 23.8 Å². The Morgan fingerprint density at radius 1 is 1.12 bits per heavy atom. The van der Waals surface area contributed by atoms with E-state index < -0.39 is 23.9 Å². The van der Waals surface area contributed by atoms with Gasteiger partial charge in [-0.3, -0.25) is 9.59 Å². The predicted octanol–water partition coefficient (Wildman–Crippen LogP) is 2.38. The molecule has 0 unspecified atom stereocenters. The van der Waals surface area contributed by atoms with Crippen LogP contribution in [-0.2, 0) is 23.8 Å². The first kappa shape index (κ1) is 26.0. The van der Waals surface area contributed by atoms with E-state index in [1.54, 1.807) is 19.3 Å². The number of amides is 2. The molecule has 2 saturated heterocycles. The van der Waals surface area contributed by atoms with Crippen molar-refractivity contribution >= 4 is 25.3 Å². The Morgan fingerprint density at radius 3 is 2.39 bits per heavy atom. The summed E-state index contributed by atoms with van der Waals surface area (Å²) in [6.07, 6.45) is 8.50. The van der Waals surface area contributed by atoms with E-state index in [-0.39, 0.29) is 42.4 Å². The van der Waals surface area contributed by atoms with E-state index in [2.05, 4.69) is 19.2 Å². The lowest BCUT2D eigenvalue weighted by Crippen LogP contribution is -2.54. The number of fused-ring (bicyclic) bond motifs is 3. The summed E-state index contributed by atoms with van der Waals surface area (Å²) in [6.45, 7) is 6.93. The van der Waals surface area contributed by atoms with E-state index in [1.165, 1.54) is 0 Å². The van der Waals surface area contributed by atoms with Gasteiger partial charge in [0.15, 0.2) is 0 Å². The summed E-state index contributed by atoms with van der Waals surface area (Å²) >= 11 is 0. The Morgan fingerprint density at radius 2 is 1.76 bits per heavy atom. The predicted molar refractivity (Wildman–Crippen MR) is 126 cm³/mol. The fourth-order valence-corrected chi connectivity index (χ4v) is 5.79. The monoisotopic (exact) mass is 462 g/mol. The molecule has 3 aliphatic rings. The second-order valence-corrected chi connectivity index (χ2v) is 10.3. The van der Waals surface area contributed by atoms with Crippen molar-refractivity contribution in [2.45, 2.75) is 96.5 Å². The Hall–Kier alpha value is -1.61. The van der Waals surface area contributed by atoms with Crippen molar-refractivity contribution in [2.24, 2.45) is 23.0 Å². The van der Waals surface area contributed by atoms with Gasteiger partial charge in [-0.2, -0.15) is 0 Å². The summed E-state index contributed by atoms with van der Waals surface area (Å²) in [5, 5.41) is 2.96. The van der Waals surface area contributed by atoms with Crippen LogP contribution in [-0.4, -0.2) is 62.1 Å². The summed E-state index contributed by atoms with van der Waals surface area (Å²) in [5.74, 6) is -0.748. The molecule has 2 heterocycles. The molecule has 0 aromatic heterocycles. The van der Waals surface area contributed by atoms with E-state index >= 15 is 0 Å². The van der Waals surface area contributed by atoms with Crippen molar-refractivity contribution in [2.75, 3.05) is 19.9 Å². The number of nitrogens with two attached hydrogens (primary N) is 1. The van der Waals surface area contributed by atoms with Gasteiger partial charge in [0.05, 0.1) is 13.3 Å². The number of hydrogen-bond donors (Lipinski definition) is 2. The average molecular weight is 462 g/mol. The van der Waals surface area contributed by atoms with Crippen molar-refractivity contribution in [3.05, 3.63) is 0 Å². The lowest BCUT2D eigenvalue weighted by molar-refractivity contribution is -0.149. The molecule has 1 saturated carbocycles. The Bertz CT molecular complexity index is 704. The van der Waals surface area contributed by atoms with Gasteiger partial charge in [0.2, 0.25) is 11.8 Å². The fourth-order valence-electron chi connectivity index (χ4n) is 5.79. The van der Waals surface area contributed by atoms with Crippen LogP contribution in [0.1, 0.15) is 78.6 Å². The van der Waals surface area contributed by atoms with Crippen LogP contribution >= 0.6 is 0 Å². The number of nitrogens with zero attached hydrogens (tertiary/aromatic N) is 1. The highest BCUT2D eigenvalue weighted by Gasteiger charge is 2.69. The zero-order valence-electron chi connectivity index (χ0n) is 20.5. The van der Waals surface area contributed by atoms with E-state index in [9.17, 15) is 14.4 Å². The van der Waals surface area contributed by atoms with Crippen LogP contribution in [0.5, 0.6) is 0 Å². The van der Waals surface area contributed by atoms with Crippen LogP contribution in [0, 0.1) is 17.3 Å². The molecule has 5 atom stereocenters. The van der Waals surface area contributed by atoms with E-state index in [0.29, 0.717) is 19.4 Å². The van der Waals surface area contributed by atoms with Gasteiger partial charge in [0.25, 0.3) is 0 Å². The summed E-state index contributed by atoms with van der Waals surface area (Å²) in [7, 11) is 1.55. The SMILES string of the molecule is CCOC(=O)[C@@H]1CCCCCCCCC[C@H]([B]OCN)C(=O)N2C[C@H]3[C@@H]([C@H]2C(=O)N1)C3(C)C. The maximum Gasteiger partial charge on any atom is 0.328 e. The summed E-state index contributed by atoms with van der Waals surface area (Å²) in [6, 6.07) is -1.25. The summed E-state index contributed by atoms with van der Waals surface area (Å²) in [4.78, 5) is 41.4. The number of esters is 1. The Balaban J connectivity index is 1.82. The minimum atomic E-state index is -0.675. The fraction of sp³-hybridized carbons (Fsp3) is 0.875. The van der Waals surface area contributed by atoms with Crippen LogP contribution in [0.4, 0.5) is 0 Å². The molecule has 2 amide bonds. The maximum atomic E-state index is 13.6. The third-order valence-electron chi connectivity index (χ3n) is 7.83. The maximum absolute atomic E-state index is 13.6. The van der Waals surface area contributed by atoms with E-state index in [1.807, 2.05) is 0 Å². The zero-order chi connectivity index (χ0) is 24.0. The molecule has 2 aliphatic heterocycles. The molecule has 3 rings (SSSR count). The normalized spacial score (nSPS) is 33.0. The van der Waals surface area contributed by atoms with Gasteiger partial charge in [-0.05, 0) is 37.0 Å². The Kier molecular flexibility index (Phi) is 9.21. The van der Waals surface area contributed by atoms with Crippen molar-refractivity contribution in [1.82, 2.24) is 10.2 Å². The van der Waals surface area contributed by atoms with Crippen molar-refractivity contribution in [3.63, 3.8) is 0 Å². The highest BCUT2D eigenvalue weighted by molar-refractivity contribution is 6.37. The minimum absolute atomic E-state index is 0.00597. The molecule has 8 nitrogen and oxygen atoms in total. The number of carbonyl (C=O) groups is 3. The zero-order valence-corrected chi connectivity index (χ0v) is 20.5. The van der Waals surface area contributed by atoms with Crippen LogP contribution in [0.2, 0.25) is 5.82 Å². The van der Waals surface area contributed by atoms with Gasteiger partial charge in [-0.1, -0.05) is 58.8 Å². The lowest BCUT2D eigenvalue weighted by Gasteiger charge is -2.33. The summed E-state index contributed by atoms with van der Waals surface area (Å²) < 4.78 is 10.6. The molecule has 1 aliphatic carbocycles. The standard InChI is InChI=1S/C24H41BN3O5/c1-4-32-23(31)18-13-11-9-7-5-6-8-10-12-17(25-33-15-26)22(30)28-14-16-19(24(16,2)3)20(28)21(29)27-18/h16-20H,4-15,26H2,1-3H3,(H,27,29)/t16-,17-,18-,19-,20-/m0/s1. The molecular formula is C24H41BN3O5. The van der Waals surface area contributed by atoms with E-state index in [4.69, 9.17) is 15.1 Å². The second-order valence-electron chi connectivity index (χ2n) is 10.3. The number of rotatable bonds is 5. The Labute approximate surface area is 198 Å². The first-order chi connectivity index (χ1) is 15.8. The van der Waals surface area contributed by atoms with Crippen LogP contribution in [0.3, 0.4) is 0 Å². The third-order valence-corrected chi connectivity index (χ3v) is 7.83. The number of hydrogen-bond acceptors (Lipinski definition) is 6. The van der Waals surface area contributed by atoms with Crippen molar-refractivity contribution in [1.29, 1.82) is 0 Å². The molecule has 33 heavy (non-hydrogen) atoms. The van der Waals surface area contributed by atoms with Crippen LogP contribution < -0.4 is 11.1 Å². The molecule has 9 heteroatoms. The number of carbonyl (C=O) groups excluding carboxylic acids is 3. The molecule has 0 aromatic carbocycles. The average Bonchev–Trinajstić information content (AvgIpc) is 3.11. The van der Waals surface area contributed by atoms with Crippen LogP contribution in [0.25, 0.3) is 0 Å². The van der Waals surface area contributed by atoms with Gasteiger partial charge in [-0.15, -0.1) is 0 Å². The van der Waals surface area contributed by atoms with Gasteiger partial charge >= 0.3 is 13.5 Å². The van der Waals surface area contributed by atoms with Crippen LogP contribution in [0.15, 0.2) is 0 Å². The molecule has 1 radical (unpaired) electrons. The van der Waals surface area contributed by atoms with Gasteiger partial charge < -0.3 is 25.3 Å². The minimum Gasteiger partial charge on any atom is -0.464 e. The number of nitrogens with one attached hydrogen (secondary N) is 1. The first-order valence-corrected chi connectivity index (χ1v) is 12.7. The van der Waals surface area contributed by atoms with Crippen molar-refractivity contribution in [3.8, 4) is 0 Å². The quantitative estimate of drug-likeness (QED) is 0.369.